The van der Waals surface area contributed by atoms with E-state index >= 15 is 0 Å². The lowest BCUT2D eigenvalue weighted by Gasteiger charge is -2.34. The van der Waals surface area contributed by atoms with Crippen LogP contribution in [0.4, 0.5) is 0 Å². The zero-order chi connectivity index (χ0) is 13.5. The van der Waals surface area contributed by atoms with Crippen molar-refractivity contribution in [2.75, 3.05) is 19.6 Å². The van der Waals surface area contributed by atoms with Crippen LogP contribution < -0.4 is 5.32 Å². The molecule has 0 bridgehead atoms. The zero-order valence-corrected chi connectivity index (χ0v) is 14.2. The molecule has 1 fully saturated rings. The maximum atomic E-state index is 12.4. The number of hydrogen-bond donors (Lipinski definition) is 1. The Labute approximate surface area is 139 Å². The van der Waals surface area contributed by atoms with Crippen molar-refractivity contribution in [2.24, 2.45) is 0 Å². The summed E-state index contributed by atoms with van der Waals surface area (Å²) in [5.41, 5.74) is 0. The van der Waals surface area contributed by atoms with Gasteiger partial charge >= 0.3 is 0 Å². The molecule has 2 heterocycles. The highest BCUT2D eigenvalue weighted by Crippen LogP contribution is 2.14. The molecule has 0 unspecified atom stereocenters. The van der Waals surface area contributed by atoms with Gasteiger partial charge in [0.2, 0.25) is 5.91 Å². The predicted octanol–water partition coefficient (Wildman–Crippen LogP) is 2.11. The molecule has 0 aliphatic carbocycles. The first kappa shape index (κ1) is 20.2. The van der Waals surface area contributed by atoms with Crippen molar-refractivity contribution in [3.8, 4) is 0 Å². The number of halogens is 2. The highest BCUT2D eigenvalue weighted by atomic mass is 35.5. The van der Waals surface area contributed by atoms with Crippen molar-refractivity contribution in [2.45, 2.75) is 45.2 Å². The Morgan fingerprint density at radius 3 is 2.67 bits per heavy atom. The van der Waals surface area contributed by atoms with Crippen LogP contribution in [0.5, 0.6) is 0 Å². The molecule has 5 nitrogen and oxygen atoms in total. The lowest BCUT2D eigenvalue weighted by Crippen LogP contribution is -2.46. The third kappa shape index (κ3) is 6.24. The molecule has 2 rings (SSSR count). The van der Waals surface area contributed by atoms with Gasteiger partial charge in [-0.1, -0.05) is 6.92 Å². The van der Waals surface area contributed by atoms with E-state index in [1.54, 1.807) is 12.5 Å². The van der Waals surface area contributed by atoms with Crippen molar-refractivity contribution >= 4 is 30.7 Å². The molecule has 0 spiro atoms. The minimum Gasteiger partial charge on any atom is -0.340 e. The molecule has 1 aromatic heterocycles. The maximum Gasteiger partial charge on any atom is 0.224 e. The van der Waals surface area contributed by atoms with Crippen LogP contribution in [0.2, 0.25) is 0 Å². The van der Waals surface area contributed by atoms with Gasteiger partial charge in [-0.15, -0.1) is 24.8 Å². The number of nitrogens with one attached hydrogen (secondary N) is 1. The Morgan fingerprint density at radius 2 is 2.10 bits per heavy atom. The molecular weight excluding hydrogens is 311 g/mol. The van der Waals surface area contributed by atoms with Gasteiger partial charge < -0.3 is 14.8 Å². The molecule has 7 heteroatoms. The zero-order valence-electron chi connectivity index (χ0n) is 12.5. The molecule has 1 N–H and O–H groups in total. The van der Waals surface area contributed by atoms with Crippen LogP contribution in [0.15, 0.2) is 18.7 Å². The first-order chi connectivity index (χ1) is 9.31. The normalized spacial score (nSPS) is 14.9. The lowest BCUT2D eigenvalue weighted by molar-refractivity contribution is -0.134. The second-order valence-electron chi connectivity index (χ2n) is 5.12. The maximum absolute atomic E-state index is 12.4. The Hall–Kier alpha value is -0.780. The van der Waals surface area contributed by atoms with Gasteiger partial charge in [0.1, 0.15) is 0 Å². The van der Waals surface area contributed by atoms with E-state index in [-0.39, 0.29) is 30.7 Å². The van der Waals surface area contributed by atoms with Crippen LogP contribution in [-0.4, -0.2) is 46.0 Å². The van der Waals surface area contributed by atoms with Crippen molar-refractivity contribution in [3.63, 3.8) is 0 Å². The van der Waals surface area contributed by atoms with E-state index < -0.39 is 0 Å². The minimum absolute atomic E-state index is 0. The van der Waals surface area contributed by atoms with Crippen molar-refractivity contribution in [1.29, 1.82) is 0 Å². The highest BCUT2D eigenvalue weighted by molar-refractivity contribution is 5.85. The highest BCUT2D eigenvalue weighted by Gasteiger charge is 2.24. The standard InChI is InChI=1S/C14H24N4O.2ClH/c1-2-9-18(13-3-6-15-7-4-13)14(19)5-10-17-11-8-16-12-17;;/h8,11-13,15H,2-7,9-10H2,1H3;2*1H. The van der Waals surface area contributed by atoms with Gasteiger partial charge in [-0.3, -0.25) is 4.79 Å². The van der Waals surface area contributed by atoms with Crippen LogP contribution in [0.3, 0.4) is 0 Å². The van der Waals surface area contributed by atoms with Crippen molar-refractivity contribution in [1.82, 2.24) is 19.8 Å². The van der Waals surface area contributed by atoms with Gasteiger partial charge in [0.05, 0.1) is 6.33 Å². The third-order valence-corrected chi connectivity index (χ3v) is 3.68. The average molecular weight is 337 g/mol. The molecule has 1 aliphatic heterocycles. The minimum atomic E-state index is 0. The largest absolute Gasteiger partial charge is 0.340 e. The summed E-state index contributed by atoms with van der Waals surface area (Å²) >= 11 is 0. The molecule has 1 aliphatic rings. The Morgan fingerprint density at radius 1 is 1.38 bits per heavy atom. The fourth-order valence-electron chi connectivity index (χ4n) is 2.66. The number of hydrogen-bond acceptors (Lipinski definition) is 3. The third-order valence-electron chi connectivity index (χ3n) is 3.68. The number of aryl methyl sites for hydroxylation is 1. The first-order valence-electron chi connectivity index (χ1n) is 7.27. The van der Waals surface area contributed by atoms with Gasteiger partial charge in [-0.05, 0) is 32.4 Å². The summed E-state index contributed by atoms with van der Waals surface area (Å²) in [4.78, 5) is 18.5. The van der Waals surface area contributed by atoms with E-state index in [1.165, 1.54) is 0 Å². The molecule has 21 heavy (non-hydrogen) atoms. The predicted molar refractivity (Wildman–Crippen MR) is 89.2 cm³/mol. The van der Waals surface area contributed by atoms with Gasteiger partial charge in [0.25, 0.3) is 0 Å². The molecule has 122 valence electrons. The second-order valence-corrected chi connectivity index (χ2v) is 5.12. The van der Waals surface area contributed by atoms with Crippen LogP contribution in [-0.2, 0) is 11.3 Å². The fourth-order valence-corrected chi connectivity index (χ4v) is 2.66. The molecule has 1 saturated heterocycles. The molecule has 1 aromatic rings. The van der Waals surface area contributed by atoms with E-state index in [4.69, 9.17) is 0 Å². The summed E-state index contributed by atoms with van der Waals surface area (Å²) in [5.74, 6) is 0.280. The summed E-state index contributed by atoms with van der Waals surface area (Å²) < 4.78 is 1.96. The summed E-state index contributed by atoms with van der Waals surface area (Å²) in [6.07, 6.45) is 9.18. The fraction of sp³-hybridized carbons (Fsp3) is 0.714. The average Bonchev–Trinajstić information content (AvgIpc) is 2.96. The smallest absolute Gasteiger partial charge is 0.224 e. The van der Waals surface area contributed by atoms with Crippen LogP contribution >= 0.6 is 24.8 Å². The quantitative estimate of drug-likeness (QED) is 0.865. The van der Waals surface area contributed by atoms with E-state index in [1.807, 2.05) is 10.8 Å². The molecule has 0 aromatic carbocycles. The van der Waals surface area contributed by atoms with Crippen LogP contribution in [0, 0.1) is 0 Å². The van der Waals surface area contributed by atoms with E-state index in [0.717, 1.165) is 45.4 Å². The van der Waals surface area contributed by atoms with Crippen LogP contribution in [0.1, 0.15) is 32.6 Å². The molecular formula is C14H26Cl2N4O. The van der Waals surface area contributed by atoms with Crippen molar-refractivity contribution in [3.05, 3.63) is 18.7 Å². The molecule has 0 atom stereocenters. The second kappa shape index (κ2) is 10.9. The number of aromatic nitrogens is 2. The molecule has 1 amide bonds. The molecule has 0 saturated carbocycles. The number of piperidine rings is 1. The summed E-state index contributed by atoms with van der Waals surface area (Å²) in [5, 5.41) is 3.35. The summed E-state index contributed by atoms with van der Waals surface area (Å²) in [6.45, 7) is 5.80. The lowest BCUT2D eigenvalue weighted by atomic mass is 10.0. The van der Waals surface area contributed by atoms with Gasteiger partial charge in [-0.25, -0.2) is 4.98 Å². The van der Waals surface area contributed by atoms with Crippen molar-refractivity contribution < 1.29 is 4.79 Å². The molecule has 0 radical (unpaired) electrons. The van der Waals surface area contributed by atoms with Crippen LogP contribution in [0.25, 0.3) is 0 Å². The summed E-state index contributed by atoms with van der Waals surface area (Å²) in [7, 11) is 0. The number of nitrogens with zero attached hydrogens (tertiary/aromatic N) is 3. The van der Waals surface area contributed by atoms with Gasteiger partial charge in [0, 0.05) is 37.9 Å². The SMILES string of the molecule is CCCN(C(=O)CCn1ccnc1)C1CCNCC1.Cl.Cl. The Kier molecular flexibility index (Phi) is 10.5. The van der Waals surface area contributed by atoms with E-state index in [2.05, 4.69) is 22.1 Å². The number of rotatable bonds is 6. The summed E-state index contributed by atoms with van der Waals surface area (Å²) in [6, 6.07) is 0.427. The van der Waals surface area contributed by atoms with E-state index in [0.29, 0.717) is 12.5 Å². The van der Waals surface area contributed by atoms with E-state index in [9.17, 15) is 4.79 Å². The topological polar surface area (TPSA) is 50.2 Å². The Balaban J connectivity index is 0.00000200. The monoisotopic (exact) mass is 336 g/mol. The van der Waals surface area contributed by atoms with Gasteiger partial charge in [-0.2, -0.15) is 0 Å². The number of carbonyl (C=O) groups excluding carboxylic acids is 1. The number of imidazole rings is 1. The number of amides is 1. The first-order valence-corrected chi connectivity index (χ1v) is 7.27. The Bertz CT molecular complexity index is 380. The van der Waals surface area contributed by atoms with Gasteiger partial charge in [0.15, 0.2) is 0 Å². The number of carbonyl (C=O) groups is 1.